The summed E-state index contributed by atoms with van der Waals surface area (Å²) in [6.45, 7) is 3.69. The molecule has 0 amide bonds. The lowest BCUT2D eigenvalue weighted by Crippen LogP contribution is -2.52. The van der Waals surface area contributed by atoms with Crippen molar-refractivity contribution in [2.45, 2.75) is 50.6 Å². The lowest BCUT2D eigenvalue weighted by atomic mass is 9.86. The summed E-state index contributed by atoms with van der Waals surface area (Å²) in [5, 5.41) is 0. The number of fused-ring (bicyclic) bond motifs is 2. The van der Waals surface area contributed by atoms with Crippen LogP contribution < -0.4 is 37.9 Å². The van der Waals surface area contributed by atoms with E-state index in [2.05, 4.69) is 50.5 Å². The smallest absolute Gasteiger partial charge is 0.331 e. The Bertz CT molecular complexity index is 2190. The van der Waals surface area contributed by atoms with Crippen LogP contribution in [0.2, 0.25) is 0 Å². The number of hydrogen-bond acceptors (Lipinski definition) is 12. The number of quaternary nitrogens is 2. The van der Waals surface area contributed by atoms with E-state index in [4.69, 9.17) is 47.4 Å². The number of carbonyl (C=O) groups excluding carboxylic acids is 2. The number of likely N-dealkylation sites (N-methyl/N-ethyl adjacent to an activating group) is 2. The summed E-state index contributed by atoms with van der Waals surface area (Å²) in [5.41, 5.74) is 7.06. The molecule has 0 fully saturated rings. The topological polar surface area (TPSA) is 126 Å². The minimum Gasteiger partial charge on any atom is -0.493 e. The van der Waals surface area contributed by atoms with Gasteiger partial charge in [-0.2, -0.15) is 0 Å². The van der Waals surface area contributed by atoms with E-state index in [0.29, 0.717) is 58.8 Å². The van der Waals surface area contributed by atoms with Gasteiger partial charge in [0.2, 0.25) is 0 Å². The van der Waals surface area contributed by atoms with Gasteiger partial charge in [0.1, 0.15) is 12.1 Å². The predicted molar refractivity (Wildman–Crippen MR) is 251 cm³/mol. The van der Waals surface area contributed by atoms with Crippen molar-refractivity contribution in [1.29, 1.82) is 0 Å². The van der Waals surface area contributed by atoms with Crippen molar-refractivity contribution in [1.82, 2.24) is 0 Å². The molecule has 2 aliphatic rings. The van der Waals surface area contributed by atoms with Crippen LogP contribution in [-0.4, -0.2) is 131 Å². The monoisotopic (exact) mass is 912 g/mol. The first-order valence-corrected chi connectivity index (χ1v) is 22.5. The SMILES string of the molecule is COc1ccc(C[C@@H]2c3cc(OC)c(OC)cc3CC[N+]2(C)CCCOC(=O)/C=C\C(=O)OCCC[N+]2(C)CCc3cc(OC)c(OC)cc3[C@H]2Cc2ccc(OC)c(OC)c2)cc1OC. The van der Waals surface area contributed by atoms with Gasteiger partial charge in [-0.3, -0.25) is 0 Å². The fourth-order valence-electron chi connectivity index (χ4n) is 9.75. The first kappa shape index (κ1) is 49.3. The zero-order valence-corrected chi connectivity index (χ0v) is 40.4. The van der Waals surface area contributed by atoms with Gasteiger partial charge in [-0.05, 0) is 70.8 Å². The number of nitrogens with zero attached hydrogens (tertiary/aromatic N) is 2. The standard InChI is InChI=1S/C52H68N2O12/c1-53(23-19-37-31-47(61-7)49(63-9)33-39(37)41(53)27-35-13-15-43(57-3)45(29-35)59-5)21-11-25-65-51(55)17-18-52(56)66-26-12-22-54(2)24-20-38-32-48(62-8)50(64-10)34-40(38)42(54)28-36-14-16-44(58-4)46(30-36)60-6/h13-18,29-34,41-42H,11-12,19-28H2,1-10H3/q+2/b18-17-/t41-,42-,53?,54?/m1/s1. The molecule has 0 spiro atoms. The van der Waals surface area contributed by atoms with Crippen molar-refractivity contribution in [3.8, 4) is 46.0 Å². The van der Waals surface area contributed by atoms with Crippen LogP contribution in [0, 0.1) is 0 Å². The van der Waals surface area contributed by atoms with Gasteiger partial charge in [0.15, 0.2) is 46.0 Å². The number of methoxy groups -OCH3 is 8. The average Bonchev–Trinajstić information content (AvgIpc) is 3.34. The molecular formula is C52H68N2O12+2. The first-order valence-electron chi connectivity index (χ1n) is 22.5. The minimum atomic E-state index is -0.590. The van der Waals surface area contributed by atoms with E-state index >= 15 is 0 Å². The predicted octanol–water partition coefficient (Wildman–Crippen LogP) is 7.45. The van der Waals surface area contributed by atoms with E-state index in [-0.39, 0.29) is 25.3 Å². The highest BCUT2D eigenvalue weighted by atomic mass is 16.5. The largest absolute Gasteiger partial charge is 0.493 e. The second kappa shape index (κ2) is 22.4. The third-order valence-corrected chi connectivity index (χ3v) is 13.5. The van der Waals surface area contributed by atoms with E-state index in [1.165, 1.54) is 22.3 Å². The molecule has 0 radical (unpaired) electrons. The van der Waals surface area contributed by atoms with Gasteiger partial charge < -0.3 is 56.3 Å². The van der Waals surface area contributed by atoms with Crippen molar-refractivity contribution in [2.75, 3.05) is 110 Å². The molecular weight excluding hydrogens is 845 g/mol. The Labute approximate surface area is 390 Å². The molecule has 356 valence electrons. The van der Waals surface area contributed by atoms with E-state index < -0.39 is 11.9 Å². The van der Waals surface area contributed by atoms with Crippen LogP contribution in [0.25, 0.3) is 0 Å². The Balaban J connectivity index is 1.04. The van der Waals surface area contributed by atoms with Gasteiger partial charge in [0, 0.05) is 61.8 Å². The summed E-state index contributed by atoms with van der Waals surface area (Å²) in [6.07, 6.45) is 6.73. The molecule has 14 nitrogen and oxygen atoms in total. The molecule has 0 N–H and O–H groups in total. The van der Waals surface area contributed by atoms with Crippen LogP contribution >= 0.6 is 0 Å². The molecule has 66 heavy (non-hydrogen) atoms. The Morgan fingerprint density at radius 1 is 0.485 bits per heavy atom. The number of rotatable bonds is 22. The fourth-order valence-corrected chi connectivity index (χ4v) is 9.75. The van der Waals surface area contributed by atoms with E-state index in [1.54, 1.807) is 56.9 Å². The molecule has 2 unspecified atom stereocenters. The van der Waals surface area contributed by atoms with Gasteiger partial charge in [0.05, 0.1) is 110 Å². The summed E-state index contributed by atoms with van der Waals surface area (Å²) in [7, 11) is 17.7. The molecule has 2 aliphatic heterocycles. The molecule has 0 aliphatic carbocycles. The highest BCUT2D eigenvalue weighted by Gasteiger charge is 2.41. The molecule has 0 saturated carbocycles. The average molecular weight is 913 g/mol. The summed E-state index contributed by atoms with van der Waals surface area (Å²) in [6, 6.07) is 20.6. The van der Waals surface area contributed by atoms with Crippen LogP contribution in [0.4, 0.5) is 0 Å². The van der Waals surface area contributed by atoms with Crippen LogP contribution in [0.15, 0.2) is 72.8 Å². The number of hydrogen-bond donors (Lipinski definition) is 0. The van der Waals surface area contributed by atoms with Gasteiger partial charge in [-0.1, -0.05) is 12.1 Å². The maximum absolute atomic E-state index is 12.8. The van der Waals surface area contributed by atoms with Gasteiger partial charge in [-0.25, -0.2) is 9.59 Å². The highest BCUT2D eigenvalue weighted by Crippen LogP contribution is 2.45. The summed E-state index contributed by atoms with van der Waals surface area (Å²) >= 11 is 0. The summed E-state index contributed by atoms with van der Waals surface area (Å²) in [4.78, 5) is 25.6. The highest BCUT2D eigenvalue weighted by molar-refractivity contribution is 5.91. The second-order valence-electron chi connectivity index (χ2n) is 17.4. The molecule has 6 rings (SSSR count). The van der Waals surface area contributed by atoms with Gasteiger partial charge in [-0.15, -0.1) is 0 Å². The lowest BCUT2D eigenvalue weighted by Gasteiger charge is -2.46. The van der Waals surface area contributed by atoms with Crippen LogP contribution in [0.3, 0.4) is 0 Å². The van der Waals surface area contributed by atoms with Crippen molar-refractivity contribution in [3.63, 3.8) is 0 Å². The van der Waals surface area contributed by atoms with E-state index in [1.807, 2.05) is 24.3 Å². The molecule has 0 bridgehead atoms. The Morgan fingerprint density at radius 2 is 0.818 bits per heavy atom. The zero-order valence-electron chi connectivity index (χ0n) is 40.4. The molecule has 0 aromatic heterocycles. The van der Waals surface area contributed by atoms with Gasteiger partial charge in [0.25, 0.3) is 0 Å². The second-order valence-corrected chi connectivity index (χ2v) is 17.4. The third-order valence-electron chi connectivity index (χ3n) is 13.5. The van der Waals surface area contributed by atoms with Crippen LogP contribution in [-0.2, 0) is 44.7 Å². The molecule has 2 heterocycles. The quantitative estimate of drug-likeness (QED) is 0.0337. The summed E-state index contributed by atoms with van der Waals surface area (Å²) in [5.74, 6) is 4.31. The molecule has 0 saturated heterocycles. The van der Waals surface area contributed by atoms with E-state index in [9.17, 15) is 9.59 Å². The van der Waals surface area contributed by atoms with Gasteiger partial charge >= 0.3 is 11.9 Å². The third kappa shape index (κ3) is 11.3. The molecule has 4 aromatic rings. The van der Waals surface area contributed by atoms with Crippen LogP contribution in [0.1, 0.15) is 58.3 Å². The number of benzene rings is 4. The number of carbonyl (C=O) groups is 2. The van der Waals surface area contributed by atoms with E-state index in [0.717, 1.165) is 84.1 Å². The maximum Gasteiger partial charge on any atom is 0.331 e. The van der Waals surface area contributed by atoms with Crippen molar-refractivity contribution >= 4 is 11.9 Å². The zero-order chi connectivity index (χ0) is 47.4. The summed E-state index contributed by atoms with van der Waals surface area (Å²) < 4.78 is 57.7. The van der Waals surface area contributed by atoms with Crippen molar-refractivity contribution in [2.24, 2.45) is 0 Å². The van der Waals surface area contributed by atoms with Crippen LogP contribution in [0.5, 0.6) is 46.0 Å². The number of esters is 2. The van der Waals surface area contributed by atoms with Crippen molar-refractivity contribution in [3.05, 3.63) is 106 Å². The molecule has 4 aromatic carbocycles. The lowest BCUT2D eigenvalue weighted by molar-refractivity contribution is -0.941. The molecule has 14 heteroatoms. The first-order chi connectivity index (χ1) is 31.9. The maximum atomic E-state index is 12.8. The number of ether oxygens (including phenoxy) is 10. The minimum absolute atomic E-state index is 0.0726. The Hall–Kier alpha value is -6.12. The Kier molecular flexibility index (Phi) is 16.7. The van der Waals surface area contributed by atoms with Crippen molar-refractivity contribution < 1.29 is 65.9 Å². The normalized spacial score (nSPS) is 19.8. The molecule has 4 atom stereocenters. The Morgan fingerprint density at radius 3 is 1.17 bits per heavy atom. The fraction of sp³-hybridized carbons (Fsp3) is 0.462.